The van der Waals surface area contributed by atoms with Crippen molar-refractivity contribution in [1.29, 1.82) is 0 Å². The Morgan fingerprint density at radius 3 is 2.71 bits per heavy atom. The minimum absolute atomic E-state index is 0.0851. The summed E-state index contributed by atoms with van der Waals surface area (Å²) in [6.07, 6.45) is 1.67. The lowest BCUT2D eigenvalue weighted by molar-refractivity contribution is -0.120. The quantitative estimate of drug-likeness (QED) is 0.666. The molecule has 0 aliphatic rings. The number of nitrogens with two attached hydrogens (primary N) is 1. The molecule has 0 bridgehead atoms. The topological polar surface area (TPSA) is 97.1 Å². The number of aromatic nitrogens is 1. The van der Waals surface area contributed by atoms with Gasteiger partial charge in [-0.3, -0.25) is 9.59 Å². The van der Waals surface area contributed by atoms with Gasteiger partial charge in [-0.1, -0.05) is 0 Å². The van der Waals surface area contributed by atoms with Crippen LogP contribution in [0.3, 0.4) is 0 Å². The molecular formula is C11H16N4O2. The molecule has 92 valence electrons. The van der Waals surface area contributed by atoms with Gasteiger partial charge in [-0.05, 0) is 19.1 Å². The third kappa shape index (κ3) is 4.50. The molecule has 0 radical (unpaired) electrons. The van der Waals surface area contributed by atoms with Gasteiger partial charge in [-0.25, -0.2) is 4.98 Å². The standard InChI is InChI=1S/C11H16N4O2/c1-2-13-10(16)5-6-14-11(17)9-4-3-8(12)7-15-9/h3-4,7H,2,5-6,12H2,1H3,(H,13,16)(H,14,17). The molecule has 6 heteroatoms. The van der Waals surface area contributed by atoms with Crippen LogP contribution in [0.1, 0.15) is 23.8 Å². The first-order valence-corrected chi connectivity index (χ1v) is 5.40. The van der Waals surface area contributed by atoms with Gasteiger partial charge in [0.1, 0.15) is 5.69 Å². The van der Waals surface area contributed by atoms with E-state index in [9.17, 15) is 9.59 Å². The summed E-state index contributed by atoms with van der Waals surface area (Å²) in [6.45, 7) is 2.72. The van der Waals surface area contributed by atoms with Crippen LogP contribution in [0.2, 0.25) is 0 Å². The molecule has 1 aromatic heterocycles. The van der Waals surface area contributed by atoms with E-state index >= 15 is 0 Å². The van der Waals surface area contributed by atoms with Crippen molar-refractivity contribution < 1.29 is 9.59 Å². The Labute approximate surface area is 99.6 Å². The molecule has 1 rings (SSSR count). The van der Waals surface area contributed by atoms with Gasteiger partial charge in [0.05, 0.1) is 11.9 Å². The van der Waals surface area contributed by atoms with E-state index in [1.807, 2.05) is 6.92 Å². The molecule has 2 amide bonds. The Balaban J connectivity index is 2.35. The fourth-order valence-corrected chi connectivity index (χ4v) is 1.21. The van der Waals surface area contributed by atoms with Crippen LogP contribution in [0, 0.1) is 0 Å². The van der Waals surface area contributed by atoms with Crippen molar-refractivity contribution in [1.82, 2.24) is 15.6 Å². The monoisotopic (exact) mass is 236 g/mol. The van der Waals surface area contributed by atoms with Crippen LogP contribution in [0.15, 0.2) is 18.3 Å². The Bertz CT molecular complexity index is 389. The normalized spacial score (nSPS) is 9.71. The lowest BCUT2D eigenvalue weighted by Gasteiger charge is -2.04. The van der Waals surface area contributed by atoms with Crippen LogP contribution in [-0.4, -0.2) is 29.9 Å². The number of rotatable bonds is 5. The number of pyridine rings is 1. The molecule has 0 unspecified atom stereocenters. The molecule has 4 N–H and O–H groups in total. The fraction of sp³-hybridized carbons (Fsp3) is 0.364. The van der Waals surface area contributed by atoms with Gasteiger partial charge in [-0.15, -0.1) is 0 Å². The Kier molecular flexibility index (Phi) is 4.93. The Hall–Kier alpha value is -2.11. The maximum Gasteiger partial charge on any atom is 0.269 e. The van der Waals surface area contributed by atoms with Crippen LogP contribution in [-0.2, 0) is 4.79 Å². The molecule has 0 aliphatic heterocycles. The lowest BCUT2D eigenvalue weighted by Crippen LogP contribution is -2.30. The molecule has 0 atom stereocenters. The third-order valence-electron chi connectivity index (χ3n) is 2.03. The van der Waals surface area contributed by atoms with E-state index in [4.69, 9.17) is 5.73 Å². The number of nitrogens with one attached hydrogen (secondary N) is 2. The van der Waals surface area contributed by atoms with Crippen molar-refractivity contribution in [3.05, 3.63) is 24.0 Å². The molecule has 6 nitrogen and oxygen atoms in total. The molecule has 0 aromatic carbocycles. The lowest BCUT2D eigenvalue weighted by atomic mass is 10.3. The van der Waals surface area contributed by atoms with Crippen LogP contribution in [0.4, 0.5) is 5.69 Å². The number of anilines is 1. The maximum absolute atomic E-state index is 11.5. The summed E-state index contributed by atoms with van der Waals surface area (Å²) in [5.74, 6) is -0.396. The highest BCUT2D eigenvalue weighted by atomic mass is 16.2. The van der Waals surface area contributed by atoms with Crippen LogP contribution in [0.5, 0.6) is 0 Å². The summed E-state index contributed by atoms with van der Waals surface area (Å²) in [7, 11) is 0. The zero-order valence-electron chi connectivity index (χ0n) is 9.69. The van der Waals surface area contributed by atoms with Gasteiger partial charge in [0, 0.05) is 19.5 Å². The van der Waals surface area contributed by atoms with Crippen molar-refractivity contribution in [3.8, 4) is 0 Å². The molecular weight excluding hydrogens is 220 g/mol. The van der Waals surface area contributed by atoms with Crippen molar-refractivity contribution in [2.75, 3.05) is 18.8 Å². The molecule has 1 heterocycles. The smallest absolute Gasteiger partial charge is 0.269 e. The third-order valence-corrected chi connectivity index (χ3v) is 2.03. The molecule has 0 fully saturated rings. The predicted molar refractivity (Wildman–Crippen MR) is 64.3 cm³/mol. The number of hydrogen-bond acceptors (Lipinski definition) is 4. The summed E-state index contributed by atoms with van der Waals surface area (Å²) in [6, 6.07) is 3.14. The number of nitrogens with zero attached hydrogens (tertiary/aromatic N) is 1. The van der Waals surface area contributed by atoms with Gasteiger partial charge >= 0.3 is 0 Å². The highest BCUT2D eigenvalue weighted by molar-refractivity contribution is 5.92. The van der Waals surface area contributed by atoms with Gasteiger partial charge in [0.2, 0.25) is 5.91 Å². The van der Waals surface area contributed by atoms with Gasteiger partial charge in [-0.2, -0.15) is 0 Å². The molecule has 1 aromatic rings. The Morgan fingerprint density at radius 1 is 1.35 bits per heavy atom. The average Bonchev–Trinajstić information content (AvgIpc) is 2.30. The van der Waals surface area contributed by atoms with Crippen molar-refractivity contribution >= 4 is 17.5 Å². The van der Waals surface area contributed by atoms with Crippen molar-refractivity contribution in [2.45, 2.75) is 13.3 Å². The number of carbonyl (C=O) groups is 2. The van der Waals surface area contributed by atoms with E-state index in [1.54, 1.807) is 6.07 Å². The van der Waals surface area contributed by atoms with Gasteiger partial charge in [0.15, 0.2) is 0 Å². The number of carbonyl (C=O) groups excluding carboxylic acids is 2. The molecule has 0 spiro atoms. The SMILES string of the molecule is CCNC(=O)CCNC(=O)c1ccc(N)cn1. The first kappa shape index (κ1) is 13.0. The summed E-state index contributed by atoms with van der Waals surface area (Å²) in [4.78, 5) is 26.5. The van der Waals surface area contributed by atoms with E-state index in [2.05, 4.69) is 15.6 Å². The van der Waals surface area contributed by atoms with E-state index < -0.39 is 0 Å². The summed E-state index contributed by atoms with van der Waals surface area (Å²) < 4.78 is 0. The van der Waals surface area contributed by atoms with Gasteiger partial charge < -0.3 is 16.4 Å². The predicted octanol–water partition coefficient (Wildman–Crippen LogP) is -0.0802. The maximum atomic E-state index is 11.5. The van der Waals surface area contributed by atoms with Crippen molar-refractivity contribution in [2.24, 2.45) is 0 Å². The van der Waals surface area contributed by atoms with Crippen molar-refractivity contribution in [3.63, 3.8) is 0 Å². The number of nitrogen functional groups attached to an aromatic ring is 1. The molecule has 0 aliphatic carbocycles. The number of amides is 2. The summed E-state index contributed by atoms with van der Waals surface area (Å²) in [5, 5.41) is 5.25. The summed E-state index contributed by atoms with van der Waals surface area (Å²) >= 11 is 0. The zero-order valence-corrected chi connectivity index (χ0v) is 9.69. The van der Waals surface area contributed by atoms with Gasteiger partial charge in [0.25, 0.3) is 5.91 Å². The van der Waals surface area contributed by atoms with E-state index in [-0.39, 0.29) is 30.5 Å². The fourth-order valence-electron chi connectivity index (χ4n) is 1.21. The highest BCUT2D eigenvalue weighted by Gasteiger charge is 2.06. The van der Waals surface area contributed by atoms with Crippen LogP contribution >= 0.6 is 0 Å². The first-order valence-electron chi connectivity index (χ1n) is 5.40. The average molecular weight is 236 g/mol. The number of hydrogen-bond donors (Lipinski definition) is 3. The highest BCUT2D eigenvalue weighted by Crippen LogP contribution is 2.00. The second kappa shape index (κ2) is 6.47. The van der Waals surface area contributed by atoms with E-state index in [0.29, 0.717) is 12.2 Å². The molecule has 17 heavy (non-hydrogen) atoms. The van der Waals surface area contributed by atoms with Crippen LogP contribution in [0.25, 0.3) is 0 Å². The second-order valence-electron chi connectivity index (χ2n) is 3.44. The second-order valence-corrected chi connectivity index (χ2v) is 3.44. The molecule has 0 saturated heterocycles. The van der Waals surface area contributed by atoms with E-state index in [0.717, 1.165) is 0 Å². The minimum Gasteiger partial charge on any atom is -0.397 e. The van der Waals surface area contributed by atoms with E-state index in [1.165, 1.54) is 12.3 Å². The van der Waals surface area contributed by atoms with Crippen LogP contribution < -0.4 is 16.4 Å². The zero-order chi connectivity index (χ0) is 12.7. The largest absolute Gasteiger partial charge is 0.397 e. The first-order chi connectivity index (χ1) is 8.13. The Morgan fingerprint density at radius 2 is 2.12 bits per heavy atom. The minimum atomic E-state index is -0.311. The summed E-state index contributed by atoms with van der Waals surface area (Å²) in [5.41, 5.74) is 6.24. The molecule has 0 saturated carbocycles.